The number of aryl methyl sites for hydroxylation is 1. The van der Waals surface area contributed by atoms with Gasteiger partial charge < -0.3 is 4.42 Å². The first-order valence-electron chi connectivity index (χ1n) is 6.63. The van der Waals surface area contributed by atoms with E-state index in [9.17, 15) is 0 Å². The lowest BCUT2D eigenvalue weighted by Crippen LogP contribution is -2.18. The molecule has 0 amide bonds. The van der Waals surface area contributed by atoms with Crippen LogP contribution in [0.3, 0.4) is 0 Å². The lowest BCUT2D eigenvalue weighted by molar-refractivity contribution is 0.573. The molecule has 0 N–H and O–H groups in total. The number of fused-ring (bicyclic) bond motifs is 3. The van der Waals surface area contributed by atoms with Gasteiger partial charge in [-0.1, -0.05) is 56.7 Å². The molecule has 0 bridgehead atoms. The fraction of sp³-hybridized carbons (Fsp3) is 0.294. The third-order valence-corrected chi connectivity index (χ3v) is 2.82. The lowest BCUT2D eigenvalue weighted by Gasteiger charge is -1.91. The monoisotopic (exact) mass is 240 g/mol. The van der Waals surface area contributed by atoms with Gasteiger partial charge in [0.2, 0.25) is 0 Å². The zero-order chi connectivity index (χ0) is 13.0. The van der Waals surface area contributed by atoms with Crippen LogP contribution in [0.25, 0.3) is 23.1 Å². The summed E-state index contributed by atoms with van der Waals surface area (Å²) in [5.41, 5.74) is 3.20. The molecule has 1 aliphatic carbocycles. The van der Waals surface area contributed by atoms with Gasteiger partial charge in [0.05, 0.1) is 0 Å². The van der Waals surface area contributed by atoms with Crippen molar-refractivity contribution in [2.75, 3.05) is 0 Å². The van der Waals surface area contributed by atoms with E-state index < -0.39 is 0 Å². The predicted octanol–water partition coefficient (Wildman–Crippen LogP) is 3.68. The molecule has 18 heavy (non-hydrogen) atoms. The second-order valence-electron chi connectivity index (χ2n) is 4.57. The van der Waals surface area contributed by atoms with E-state index in [1.807, 2.05) is 6.08 Å². The summed E-state index contributed by atoms with van der Waals surface area (Å²) in [5.74, 6) is 0. The van der Waals surface area contributed by atoms with Crippen molar-refractivity contribution in [3.05, 3.63) is 46.5 Å². The SMILES string of the molecule is CCC.Cc1cccc2c3c(oc12)=CC=CCC=3. The Morgan fingerprint density at radius 2 is 2.00 bits per heavy atom. The van der Waals surface area contributed by atoms with Gasteiger partial charge in [0.25, 0.3) is 0 Å². The summed E-state index contributed by atoms with van der Waals surface area (Å²) in [6, 6.07) is 6.29. The number of allylic oxidation sites excluding steroid dienone is 2. The highest BCUT2D eigenvalue weighted by Crippen LogP contribution is 2.13. The van der Waals surface area contributed by atoms with Gasteiger partial charge in [-0.05, 0) is 25.0 Å². The van der Waals surface area contributed by atoms with Crippen LogP contribution in [-0.2, 0) is 0 Å². The van der Waals surface area contributed by atoms with Gasteiger partial charge in [0.15, 0.2) is 0 Å². The maximum absolute atomic E-state index is 5.86. The van der Waals surface area contributed by atoms with E-state index >= 15 is 0 Å². The van der Waals surface area contributed by atoms with Gasteiger partial charge in [-0.15, -0.1) is 0 Å². The van der Waals surface area contributed by atoms with Gasteiger partial charge in [-0.3, -0.25) is 0 Å². The number of rotatable bonds is 0. The molecule has 2 aromatic rings. The van der Waals surface area contributed by atoms with Crippen LogP contribution in [0.15, 0.2) is 34.8 Å². The number of hydrogen-bond donors (Lipinski definition) is 0. The zero-order valence-corrected chi connectivity index (χ0v) is 11.4. The number of benzene rings is 1. The molecule has 0 spiro atoms. The standard InChI is InChI=1S/C14H12O.C3H8/c1-10-6-5-8-12-11-7-3-2-4-9-13(11)15-14(10)12;1-3-2/h2,4-9H,3H2,1H3;3H2,1-2H3. The van der Waals surface area contributed by atoms with Gasteiger partial charge in [-0.25, -0.2) is 0 Å². The van der Waals surface area contributed by atoms with Gasteiger partial charge in [0, 0.05) is 10.6 Å². The lowest BCUT2D eigenvalue weighted by atomic mass is 10.1. The third kappa shape index (κ3) is 2.40. The van der Waals surface area contributed by atoms with Crippen molar-refractivity contribution in [1.29, 1.82) is 0 Å². The van der Waals surface area contributed by atoms with Crippen LogP contribution in [0, 0.1) is 6.92 Å². The van der Waals surface area contributed by atoms with Crippen LogP contribution >= 0.6 is 0 Å². The largest absolute Gasteiger partial charge is 0.456 e. The van der Waals surface area contributed by atoms with E-state index in [1.165, 1.54) is 22.6 Å². The fourth-order valence-electron chi connectivity index (χ4n) is 2.05. The third-order valence-electron chi connectivity index (χ3n) is 2.82. The minimum atomic E-state index is 0.978. The Hall–Kier alpha value is -1.76. The minimum Gasteiger partial charge on any atom is -0.456 e. The first-order valence-corrected chi connectivity index (χ1v) is 6.63. The molecule has 0 radical (unpaired) electrons. The van der Waals surface area contributed by atoms with Crippen molar-refractivity contribution in [3.63, 3.8) is 0 Å². The Morgan fingerprint density at radius 1 is 1.22 bits per heavy atom. The second-order valence-corrected chi connectivity index (χ2v) is 4.57. The van der Waals surface area contributed by atoms with Crippen molar-refractivity contribution in [2.45, 2.75) is 33.6 Å². The smallest absolute Gasteiger partial charge is 0.138 e. The maximum Gasteiger partial charge on any atom is 0.138 e. The molecule has 1 heterocycles. The summed E-state index contributed by atoms with van der Waals surface area (Å²) < 4.78 is 5.86. The Balaban J connectivity index is 0.000000367. The molecule has 0 fully saturated rings. The van der Waals surface area contributed by atoms with Crippen molar-refractivity contribution in [1.82, 2.24) is 0 Å². The highest BCUT2D eigenvalue weighted by Gasteiger charge is 2.04. The average Bonchev–Trinajstić information content (AvgIpc) is 2.56. The van der Waals surface area contributed by atoms with Gasteiger partial charge in [0.1, 0.15) is 11.0 Å². The number of furan rings is 1. The molecule has 3 rings (SSSR count). The first kappa shape index (κ1) is 12.7. The van der Waals surface area contributed by atoms with E-state index in [0.717, 1.165) is 17.4 Å². The summed E-state index contributed by atoms with van der Waals surface area (Å²) in [6.45, 7) is 6.33. The first-order chi connectivity index (χ1) is 8.77. The molecule has 1 aromatic carbocycles. The number of hydrogen-bond acceptors (Lipinski definition) is 1. The van der Waals surface area contributed by atoms with Crippen molar-refractivity contribution in [3.8, 4) is 0 Å². The van der Waals surface area contributed by atoms with Crippen LogP contribution in [0.1, 0.15) is 32.3 Å². The fourth-order valence-corrected chi connectivity index (χ4v) is 2.05. The minimum absolute atomic E-state index is 0.978. The normalized spacial score (nSPS) is 12.8. The molecule has 0 atom stereocenters. The summed E-state index contributed by atoms with van der Waals surface area (Å²) in [4.78, 5) is 0. The second kappa shape index (κ2) is 5.72. The molecule has 0 saturated carbocycles. The van der Waals surface area contributed by atoms with E-state index in [1.54, 1.807) is 0 Å². The van der Waals surface area contributed by atoms with E-state index in [4.69, 9.17) is 4.42 Å². The van der Waals surface area contributed by atoms with Crippen molar-refractivity contribution >= 4 is 23.1 Å². The topological polar surface area (TPSA) is 13.1 Å². The van der Waals surface area contributed by atoms with Crippen molar-refractivity contribution in [2.24, 2.45) is 0 Å². The molecular weight excluding hydrogens is 220 g/mol. The van der Waals surface area contributed by atoms with Crippen LogP contribution in [-0.4, -0.2) is 0 Å². The quantitative estimate of drug-likeness (QED) is 0.684. The highest BCUT2D eigenvalue weighted by molar-refractivity contribution is 5.82. The molecule has 1 aromatic heterocycles. The predicted molar refractivity (Wildman–Crippen MR) is 78.9 cm³/mol. The van der Waals surface area contributed by atoms with Gasteiger partial charge in [-0.2, -0.15) is 0 Å². The van der Waals surface area contributed by atoms with E-state index in [-0.39, 0.29) is 0 Å². The van der Waals surface area contributed by atoms with Crippen molar-refractivity contribution < 1.29 is 4.42 Å². The van der Waals surface area contributed by atoms with Crippen LogP contribution in [0.4, 0.5) is 0 Å². The molecule has 1 nitrogen and oxygen atoms in total. The summed E-state index contributed by atoms with van der Waals surface area (Å²) in [7, 11) is 0. The molecule has 94 valence electrons. The van der Waals surface area contributed by atoms with Crippen LogP contribution in [0.2, 0.25) is 0 Å². The summed E-state index contributed by atoms with van der Waals surface area (Å²) >= 11 is 0. The molecule has 0 aliphatic heterocycles. The molecule has 0 saturated heterocycles. The summed E-state index contributed by atoms with van der Waals surface area (Å²) in [5, 5.41) is 2.46. The Morgan fingerprint density at radius 3 is 2.78 bits per heavy atom. The molecule has 1 aliphatic rings. The van der Waals surface area contributed by atoms with Crippen LogP contribution in [0.5, 0.6) is 0 Å². The Labute approximate surface area is 108 Å². The van der Waals surface area contributed by atoms with E-state index in [2.05, 4.69) is 57.2 Å². The maximum atomic E-state index is 5.86. The Kier molecular flexibility index (Phi) is 4.03. The number of para-hydroxylation sites is 1. The van der Waals surface area contributed by atoms with E-state index in [0.29, 0.717) is 0 Å². The molecule has 0 unspecified atom stereocenters. The zero-order valence-electron chi connectivity index (χ0n) is 11.4. The average molecular weight is 240 g/mol. The highest BCUT2D eigenvalue weighted by atomic mass is 16.3. The Bertz CT molecular complexity index is 671. The molecule has 1 heteroatoms. The summed E-state index contributed by atoms with van der Waals surface area (Å²) in [6.07, 6.45) is 10.7. The van der Waals surface area contributed by atoms with Crippen LogP contribution < -0.4 is 10.6 Å². The molecular formula is C17H20O. The van der Waals surface area contributed by atoms with Gasteiger partial charge >= 0.3 is 0 Å².